The third-order valence-corrected chi connectivity index (χ3v) is 8.41. The normalized spacial score (nSPS) is 11.7. The summed E-state index contributed by atoms with van der Waals surface area (Å²) >= 11 is 0. The van der Waals surface area contributed by atoms with Crippen LogP contribution in [0.25, 0.3) is 83.9 Å². The maximum absolute atomic E-state index is 5.07. The van der Waals surface area contributed by atoms with Gasteiger partial charge in [0.2, 0.25) is 0 Å². The first kappa shape index (κ1) is 23.8. The third kappa shape index (κ3) is 3.60. The van der Waals surface area contributed by atoms with E-state index < -0.39 is 0 Å². The van der Waals surface area contributed by atoms with Crippen LogP contribution in [0.15, 0.2) is 146 Å². The Balaban J connectivity index is 1.30. The van der Waals surface area contributed by atoms with Crippen molar-refractivity contribution in [1.82, 2.24) is 19.5 Å². The molecule has 0 saturated carbocycles. The highest BCUT2D eigenvalue weighted by atomic mass is 15.0. The Hall–Kier alpha value is -5.87. The van der Waals surface area contributed by atoms with E-state index in [0.29, 0.717) is 17.5 Å². The van der Waals surface area contributed by atoms with Gasteiger partial charge in [-0.2, -0.15) is 0 Å². The van der Waals surface area contributed by atoms with Gasteiger partial charge in [0.25, 0.3) is 0 Å². The molecule has 1 aliphatic carbocycles. The molecule has 0 aliphatic heterocycles. The van der Waals surface area contributed by atoms with Crippen molar-refractivity contribution in [1.29, 1.82) is 0 Å². The number of benzene rings is 6. The first-order valence-corrected chi connectivity index (χ1v) is 14.5. The van der Waals surface area contributed by atoms with Crippen LogP contribution in [0.3, 0.4) is 0 Å². The van der Waals surface area contributed by atoms with Crippen LogP contribution in [0, 0.1) is 0 Å². The van der Waals surface area contributed by atoms with Gasteiger partial charge in [-0.05, 0) is 29.3 Å². The SMILES string of the molecule is c1ccc(-c2nc(-c3ccccc3)nc(-c3cccc4c3-c3c-4cccc3-n3c4ccccc4c4ccccc43)n2)cc1. The molecule has 2 aromatic heterocycles. The van der Waals surface area contributed by atoms with E-state index in [0.717, 1.165) is 22.4 Å². The summed E-state index contributed by atoms with van der Waals surface area (Å²) in [6.07, 6.45) is 0. The summed E-state index contributed by atoms with van der Waals surface area (Å²) in [5, 5.41) is 2.50. The summed E-state index contributed by atoms with van der Waals surface area (Å²) in [4.78, 5) is 15.1. The predicted octanol–water partition coefficient (Wildman–Crippen LogP) is 9.62. The molecule has 0 N–H and O–H groups in total. The quantitative estimate of drug-likeness (QED) is 0.220. The fourth-order valence-electron chi connectivity index (χ4n) is 6.49. The van der Waals surface area contributed by atoms with E-state index >= 15 is 0 Å². The molecule has 0 fully saturated rings. The molecule has 4 heteroatoms. The van der Waals surface area contributed by atoms with Gasteiger partial charge in [-0.1, -0.05) is 127 Å². The number of aromatic nitrogens is 4. The molecule has 0 spiro atoms. The molecule has 0 saturated heterocycles. The van der Waals surface area contributed by atoms with Gasteiger partial charge in [0.05, 0.1) is 16.7 Å². The first-order valence-electron chi connectivity index (χ1n) is 14.5. The third-order valence-electron chi connectivity index (χ3n) is 8.41. The highest BCUT2D eigenvalue weighted by Crippen LogP contribution is 2.54. The average molecular weight is 549 g/mol. The number of hydrogen-bond acceptors (Lipinski definition) is 3. The van der Waals surface area contributed by atoms with E-state index in [1.807, 2.05) is 60.7 Å². The smallest absolute Gasteiger partial charge is 0.164 e. The standard InChI is InChI=1S/C39H24N4/c1-3-13-25(14-4-1)37-40-38(26-15-5-2-6-16-26)42-39(41-37)31-21-11-19-29-30-20-12-24-34(36(30)35(29)31)43-32-22-9-7-17-27(32)28-18-8-10-23-33(28)43/h1-24H. The van der Waals surface area contributed by atoms with E-state index in [1.54, 1.807) is 0 Å². The summed E-state index contributed by atoms with van der Waals surface area (Å²) in [7, 11) is 0. The van der Waals surface area contributed by atoms with Crippen LogP contribution in [0.1, 0.15) is 0 Å². The fourth-order valence-corrected chi connectivity index (χ4v) is 6.49. The average Bonchev–Trinajstić information content (AvgIpc) is 3.41. The minimum absolute atomic E-state index is 0.664. The van der Waals surface area contributed by atoms with Crippen molar-refractivity contribution in [3.63, 3.8) is 0 Å². The monoisotopic (exact) mass is 548 g/mol. The summed E-state index contributed by atoms with van der Waals surface area (Å²) < 4.78 is 2.40. The second kappa shape index (κ2) is 9.33. The summed E-state index contributed by atoms with van der Waals surface area (Å²) in [5.41, 5.74) is 11.4. The largest absolute Gasteiger partial charge is 0.309 e. The summed E-state index contributed by atoms with van der Waals surface area (Å²) in [6.45, 7) is 0. The summed E-state index contributed by atoms with van der Waals surface area (Å²) in [5.74, 6) is 2.00. The zero-order valence-electron chi connectivity index (χ0n) is 23.1. The van der Waals surface area contributed by atoms with Crippen LogP contribution >= 0.6 is 0 Å². The Morgan fingerprint density at radius 2 is 0.814 bits per heavy atom. The molecule has 0 amide bonds. The molecule has 0 unspecified atom stereocenters. The number of hydrogen-bond donors (Lipinski definition) is 0. The minimum Gasteiger partial charge on any atom is -0.309 e. The van der Waals surface area contributed by atoms with Crippen LogP contribution < -0.4 is 0 Å². The molecule has 8 aromatic rings. The zero-order chi connectivity index (χ0) is 28.3. The maximum atomic E-state index is 5.07. The van der Waals surface area contributed by atoms with Gasteiger partial charge >= 0.3 is 0 Å². The second-order valence-corrected chi connectivity index (χ2v) is 10.8. The molecular weight excluding hydrogens is 524 g/mol. The van der Waals surface area contributed by atoms with Crippen molar-refractivity contribution in [3.8, 4) is 62.1 Å². The number of rotatable bonds is 4. The Morgan fingerprint density at radius 3 is 1.42 bits per heavy atom. The molecule has 2 heterocycles. The lowest BCUT2D eigenvalue weighted by molar-refractivity contribution is 1.07. The van der Waals surface area contributed by atoms with E-state index in [2.05, 4.69) is 89.5 Å². The Morgan fingerprint density at radius 1 is 0.349 bits per heavy atom. The van der Waals surface area contributed by atoms with E-state index in [4.69, 9.17) is 15.0 Å². The molecule has 6 aromatic carbocycles. The highest BCUT2D eigenvalue weighted by Gasteiger charge is 2.31. The first-order chi connectivity index (χ1) is 21.3. The van der Waals surface area contributed by atoms with Crippen molar-refractivity contribution in [2.24, 2.45) is 0 Å². The van der Waals surface area contributed by atoms with Crippen LogP contribution in [0.2, 0.25) is 0 Å². The van der Waals surface area contributed by atoms with Crippen molar-refractivity contribution in [2.45, 2.75) is 0 Å². The van der Waals surface area contributed by atoms with Gasteiger partial charge in [0.15, 0.2) is 17.5 Å². The number of fused-ring (bicyclic) bond motifs is 7. The Kier molecular flexibility index (Phi) is 5.16. The minimum atomic E-state index is 0.664. The lowest BCUT2D eigenvalue weighted by Gasteiger charge is -2.29. The molecule has 9 rings (SSSR count). The predicted molar refractivity (Wildman–Crippen MR) is 175 cm³/mol. The van der Waals surface area contributed by atoms with Gasteiger partial charge in [-0.3, -0.25) is 0 Å². The van der Waals surface area contributed by atoms with Gasteiger partial charge in [0.1, 0.15) is 0 Å². The van der Waals surface area contributed by atoms with Gasteiger partial charge < -0.3 is 4.57 Å². The Bertz CT molecular complexity index is 2230. The van der Waals surface area contributed by atoms with Gasteiger partial charge in [0, 0.05) is 38.6 Å². The molecule has 200 valence electrons. The van der Waals surface area contributed by atoms with E-state index in [-0.39, 0.29) is 0 Å². The molecule has 0 atom stereocenters. The number of para-hydroxylation sites is 2. The molecule has 4 nitrogen and oxygen atoms in total. The Labute approximate surface area is 248 Å². The highest BCUT2D eigenvalue weighted by molar-refractivity contribution is 6.14. The molecule has 1 aliphatic rings. The van der Waals surface area contributed by atoms with Crippen LogP contribution in [-0.2, 0) is 0 Å². The van der Waals surface area contributed by atoms with Crippen molar-refractivity contribution in [3.05, 3.63) is 146 Å². The molecular formula is C39H24N4. The maximum Gasteiger partial charge on any atom is 0.164 e. The topological polar surface area (TPSA) is 43.6 Å². The zero-order valence-corrected chi connectivity index (χ0v) is 23.1. The number of nitrogens with zero attached hydrogens (tertiary/aromatic N) is 4. The van der Waals surface area contributed by atoms with Gasteiger partial charge in [-0.25, -0.2) is 15.0 Å². The lowest BCUT2D eigenvalue weighted by atomic mass is 9.76. The van der Waals surface area contributed by atoms with Crippen molar-refractivity contribution in [2.75, 3.05) is 0 Å². The fraction of sp³-hybridized carbons (Fsp3) is 0. The van der Waals surface area contributed by atoms with Crippen molar-refractivity contribution < 1.29 is 0 Å². The second-order valence-electron chi connectivity index (χ2n) is 10.8. The van der Waals surface area contributed by atoms with Crippen molar-refractivity contribution >= 4 is 21.8 Å². The van der Waals surface area contributed by atoms with E-state index in [9.17, 15) is 0 Å². The molecule has 0 bridgehead atoms. The lowest BCUT2D eigenvalue weighted by Crippen LogP contribution is -2.08. The van der Waals surface area contributed by atoms with Crippen LogP contribution in [-0.4, -0.2) is 19.5 Å². The summed E-state index contributed by atoms with van der Waals surface area (Å²) in [6, 6.07) is 50.7. The molecule has 43 heavy (non-hydrogen) atoms. The van der Waals surface area contributed by atoms with Gasteiger partial charge in [-0.15, -0.1) is 0 Å². The van der Waals surface area contributed by atoms with Crippen LogP contribution in [0.5, 0.6) is 0 Å². The van der Waals surface area contributed by atoms with Crippen LogP contribution in [0.4, 0.5) is 0 Å². The van der Waals surface area contributed by atoms with E-state index in [1.165, 1.54) is 44.1 Å². The molecule has 0 radical (unpaired) electrons.